The molecule has 0 aromatic heterocycles. The van der Waals surface area contributed by atoms with E-state index in [1.54, 1.807) is 6.07 Å². The lowest BCUT2D eigenvalue weighted by atomic mass is 9.63. The van der Waals surface area contributed by atoms with Gasteiger partial charge in [0.15, 0.2) is 0 Å². The third-order valence-electron chi connectivity index (χ3n) is 7.21. The van der Waals surface area contributed by atoms with Gasteiger partial charge in [0.05, 0.1) is 0 Å². The summed E-state index contributed by atoms with van der Waals surface area (Å²) in [6.45, 7) is 5.83. The lowest BCUT2D eigenvalue weighted by Gasteiger charge is -2.42. The number of alkyl halides is 4. The first-order valence-corrected chi connectivity index (χ1v) is 10.8. The van der Waals surface area contributed by atoms with Crippen LogP contribution in [0.15, 0.2) is 42.5 Å². The molecule has 3 unspecified atom stereocenters. The number of fused-ring (bicyclic) bond motifs is 3. The second-order valence-electron chi connectivity index (χ2n) is 9.40. The molecule has 1 heterocycles. The van der Waals surface area contributed by atoms with Gasteiger partial charge in [0.1, 0.15) is 0 Å². The molecule has 1 aliphatic carbocycles. The van der Waals surface area contributed by atoms with E-state index < -0.39 is 11.8 Å². The Kier molecular flexibility index (Phi) is 6.52. The molecule has 0 spiro atoms. The van der Waals surface area contributed by atoms with Crippen molar-refractivity contribution in [1.29, 1.82) is 0 Å². The van der Waals surface area contributed by atoms with Crippen LogP contribution >= 0.6 is 12.4 Å². The van der Waals surface area contributed by atoms with Crippen LogP contribution in [0.3, 0.4) is 0 Å². The second kappa shape index (κ2) is 8.40. The topological polar surface area (TPSA) is 12.0 Å². The molecule has 0 saturated carbocycles. The van der Waals surface area contributed by atoms with Crippen LogP contribution < -0.4 is 5.32 Å². The van der Waals surface area contributed by atoms with E-state index in [4.69, 9.17) is 0 Å². The lowest BCUT2D eigenvalue weighted by molar-refractivity contribution is -0.228. The maximum atomic E-state index is 14.6. The van der Waals surface area contributed by atoms with Crippen LogP contribution in [0.4, 0.5) is 17.6 Å². The quantitative estimate of drug-likeness (QED) is 0.502. The van der Waals surface area contributed by atoms with Crippen LogP contribution in [0.5, 0.6) is 0 Å². The Bertz CT molecular complexity index is 920. The van der Waals surface area contributed by atoms with Gasteiger partial charge in [0, 0.05) is 11.5 Å². The standard InChI is InChI=1S/C25H29F4N.ClH/c1-16(2)18-6-4-17(5-7-18)15-24-12-13-30-22(24)11-8-19-14-20(9-10-21(19)24)23(3,26)25(27,28)29;/h4-7,9-10,14,16,22,30H,8,11-13,15H2,1-3H3;1H. The van der Waals surface area contributed by atoms with Gasteiger partial charge in [-0.05, 0) is 72.9 Å². The van der Waals surface area contributed by atoms with E-state index in [9.17, 15) is 17.6 Å². The Morgan fingerprint density at radius 1 is 1.06 bits per heavy atom. The van der Waals surface area contributed by atoms with Gasteiger partial charge in [-0.2, -0.15) is 13.2 Å². The average Bonchev–Trinajstić information content (AvgIpc) is 3.11. The molecule has 4 rings (SSSR count). The summed E-state index contributed by atoms with van der Waals surface area (Å²) < 4.78 is 54.3. The molecule has 31 heavy (non-hydrogen) atoms. The average molecular weight is 456 g/mol. The van der Waals surface area contributed by atoms with Gasteiger partial charge in [0.2, 0.25) is 5.67 Å². The van der Waals surface area contributed by atoms with E-state index in [1.807, 2.05) is 0 Å². The van der Waals surface area contributed by atoms with Gasteiger partial charge in [-0.15, -0.1) is 12.4 Å². The largest absolute Gasteiger partial charge is 0.426 e. The van der Waals surface area contributed by atoms with E-state index in [-0.39, 0.29) is 23.4 Å². The number of nitrogens with one attached hydrogen (secondary N) is 1. The molecule has 1 aliphatic heterocycles. The molecule has 0 bridgehead atoms. The predicted molar refractivity (Wildman–Crippen MR) is 119 cm³/mol. The summed E-state index contributed by atoms with van der Waals surface area (Å²) in [5.41, 5.74) is 0.673. The highest BCUT2D eigenvalue weighted by Gasteiger charge is 2.54. The zero-order valence-corrected chi connectivity index (χ0v) is 19.0. The van der Waals surface area contributed by atoms with Crippen LogP contribution in [0.2, 0.25) is 0 Å². The molecule has 0 radical (unpaired) electrons. The molecular formula is C25H30ClF4N. The highest BCUT2D eigenvalue weighted by atomic mass is 35.5. The molecule has 1 fully saturated rings. The van der Waals surface area contributed by atoms with Crippen molar-refractivity contribution in [3.05, 3.63) is 70.3 Å². The fourth-order valence-electron chi connectivity index (χ4n) is 5.27. The Hall–Kier alpha value is -1.59. The van der Waals surface area contributed by atoms with Crippen LogP contribution in [0.25, 0.3) is 0 Å². The van der Waals surface area contributed by atoms with E-state index >= 15 is 0 Å². The van der Waals surface area contributed by atoms with Gasteiger partial charge in [-0.3, -0.25) is 0 Å². The van der Waals surface area contributed by atoms with E-state index in [1.165, 1.54) is 23.3 Å². The van der Waals surface area contributed by atoms with Crippen LogP contribution in [0, 0.1) is 0 Å². The Labute approximate surface area is 188 Å². The van der Waals surface area contributed by atoms with Crippen molar-refractivity contribution in [2.45, 2.75) is 75.7 Å². The summed E-state index contributed by atoms with van der Waals surface area (Å²) in [5, 5.41) is 3.61. The molecule has 2 aromatic rings. The van der Waals surface area contributed by atoms with Gasteiger partial charge >= 0.3 is 6.18 Å². The van der Waals surface area contributed by atoms with Crippen molar-refractivity contribution in [1.82, 2.24) is 5.32 Å². The van der Waals surface area contributed by atoms with Gasteiger partial charge in [-0.1, -0.05) is 56.3 Å². The van der Waals surface area contributed by atoms with Crippen molar-refractivity contribution in [2.75, 3.05) is 6.54 Å². The van der Waals surface area contributed by atoms with Crippen molar-refractivity contribution in [3.63, 3.8) is 0 Å². The molecule has 2 aromatic carbocycles. The zero-order chi connectivity index (χ0) is 21.7. The maximum absolute atomic E-state index is 14.6. The first-order valence-electron chi connectivity index (χ1n) is 10.8. The smallest absolute Gasteiger partial charge is 0.313 e. The highest BCUT2D eigenvalue weighted by molar-refractivity contribution is 5.85. The van der Waals surface area contributed by atoms with E-state index in [2.05, 4.69) is 43.4 Å². The minimum absolute atomic E-state index is 0. The first kappa shape index (κ1) is 24.1. The molecule has 6 heteroatoms. The minimum atomic E-state index is -4.93. The number of rotatable bonds is 4. The molecule has 3 atom stereocenters. The van der Waals surface area contributed by atoms with Crippen molar-refractivity contribution >= 4 is 12.4 Å². The minimum Gasteiger partial charge on any atom is -0.313 e. The monoisotopic (exact) mass is 455 g/mol. The molecule has 1 nitrogen and oxygen atoms in total. The first-order chi connectivity index (χ1) is 14.0. The number of hydrogen-bond acceptors (Lipinski definition) is 1. The van der Waals surface area contributed by atoms with Crippen LogP contribution in [-0.2, 0) is 23.9 Å². The van der Waals surface area contributed by atoms with Crippen molar-refractivity contribution in [3.8, 4) is 0 Å². The second-order valence-corrected chi connectivity index (χ2v) is 9.40. The third kappa shape index (κ3) is 4.11. The molecule has 2 aliphatic rings. The SMILES string of the molecule is CC(C)c1ccc(CC23CCNC2CCc2cc(C(C)(F)C(F)(F)F)ccc23)cc1.Cl. The van der Waals surface area contributed by atoms with Gasteiger partial charge in [0.25, 0.3) is 0 Å². The third-order valence-corrected chi connectivity index (χ3v) is 7.21. The Balaban J connectivity index is 0.00000272. The Morgan fingerprint density at radius 3 is 2.35 bits per heavy atom. The van der Waals surface area contributed by atoms with Crippen LogP contribution in [0.1, 0.15) is 67.3 Å². The van der Waals surface area contributed by atoms with Crippen LogP contribution in [-0.4, -0.2) is 18.8 Å². The molecule has 1 saturated heterocycles. The Morgan fingerprint density at radius 2 is 1.74 bits per heavy atom. The summed E-state index contributed by atoms with van der Waals surface area (Å²) in [7, 11) is 0. The lowest BCUT2D eigenvalue weighted by Crippen LogP contribution is -2.46. The summed E-state index contributed by atoms with van der Waals surface area (Å²) in [4.78, 5) is 0. The van der Waals surface area contributed by atoms with Crippen molar-refractivity contribution < 1.29 is 17.6 Å². The fourth-order valence-corrected chi connectivity index (χ4v) is 5.27. The normalized spacial score (nSPS) is 24.8. The molecular weight excluding hydrogens is 426 g/mol. The number of halogens is 5. The predicted octanol–water partition coefficient (Wildman–Crippen LogP) is 6.77. The van der Waals surface area contributed by atoms with Gasteiger partial charge in [-0.25, -0.2) is 4.39 Å². The van der Waals surface area contributed by atoms with E-state index in [0.717, 1.165) is 36.9 Å². The fraction of sp³-hybridized carbons (Fsp3) is 0.520. The summed E-state index contributed by atoms with van der Waals surface area (Å²) in [6.07, 6.45) is -1.63. The number of benzene rings is 2. The molecule has 1 N–H and O–H groups in total. The number of aryl methyl sites for hydroxylation is 1. The van der Waals surface area contributed by atoms with E-state index in [0.29, 0.717) is 25.3 Å². The van der Waals surface area contributed by atoms with Crippen molar-refractivity contribution in [2.24, 2.45) is 0 Å². The maximum Gasteiger partial charge on any atom is 0.426 e. The number of hydrogen-bond donors (Lipinski definition) is 1. The summed E-state index contributed by atoms with van der Waals surface area (Å²) >= 11 is 0. The molecule has 170 valence electrons. The molecule has 0 amide bonds. The highest BCUT2D eigenvalue weighted by Crippen LogP contribution is 2.48. The summed E-state index contributed by atoms with van der Waals surface area (Å²) in [5.74, 6) is 0.468. The summed E-state index contributed by atoms with van der Waals surface area (Å²) in [6, 6.07) is 13.5. The van der Waals surface area contributed by atoms with Gasteiger partial charge < -0.3 is 5.32 Å². The zero-order valence-electron chi connectivity index (χ0n) is 18.2.